The van der Waals surface area contributed by atoms with Crippen LogP contribution in [-0.2, 0) is 11.3 Å². The van der Waals surface area contributed by atoms with E-state index in [0.29, 0.717) is 19.5 Å². The molecule has 0 aliphatic rings. The number of nitrogens with zero attached hydrogens (tertiary/aromatic N) is 2. The van der Waals surface area contributed by atoms with E-state index >= 15 is 0 Å². The minimum absolute atomic E-state index is 0.0755. The molecule has 14 heavy (non-hydrogen) atoms. The molecule has 0 bridgehead atoms. The number of carbonyl (C=O) groups excluding carboxylic acids is 1. The first-order valence-electron chi connectivity index (χ1n) is 4.71. The van der Waals surface area contributed by atoms with Gasteiger partial charge in [-0.1, -0.05) is 0 Å². The molecule has 0 aromatic carbocycles. The van der Waals surface area contributed by atoms with Crippen LogP contribution in [0.5, 0.6) is 0 Å². The number of aromatic nitrogens is 2. The predicted octanol–water partition coefficient (Wildman–Crippen LogP) is -0.391. The van der Waals surface area contributed by atoms with Gasteiger partial charge in [0.2, 0.25) is 5.91 Å². The Morgan fingerprint density at radius 1 is 1.50 bits per heavy atom. The van der Waals surface area contributed by atoms with E-state index < -0.39 is 0 Å². The topological polar surface area (TPSA) is 59.0 Å². The van der Waals surface area contributed by atoms with Gasteiger partial charge in [0, 0.05) is 31.9 Å². The van der Waals surface area contributed by atoms with E-state index in [1.54, 1.807) is 10.9 Å². The molecule has 2 N–H and O–H groups in total. The first-order chi connectivity index (χ1) is 6.83. The lowest BCUT2D eigenvalue weighted by atomic mass is 10.4. The summed E-state index contributed by atoms with van der Waals surface area (Å²) >= 11 is 0. The number of hydrogen-bond acceptors (Lipinski definition) is 3. The van der Waals surface area contributed by atoms with Crippen molar-refractivity contribution >= 4 is 5.91 Å². The van der Waals surface area contributed by atoms with Crippen LogP contribution < -0.4 is 10.6 Å². The van der Waals surface area contributed by atoms with E-state index in [9.17, 15) is 4.79 Å². The summed E-state index contributed by atoms with van der Waals surface area (Å²) in [7, 11) is 1.83. The van der Waals surface area contributed by atoms with Crippen LogP contribution in [0.1, 0.15) is 6.42 Å². The molecule has 5 heteroatoms. The zero-order chi connectivity index (χ0) is 10.2. The van der Waals surface area contributed by atoms with Gasteiger partial charge in [0.25, 0.3) is 0 Å². The Labute approximate surface area is 83.5 Å². The monoisotopic (exact) mass is 196 g/mol. The van der Waals surface area contributed by atoms with Gasteiger partial charge in [0.05, 0.1) is 6.54 Å². The van der Waals surface area contributed by atoms with Gasteiger partial charge in [-0.3, -0.25) is 9.48 Å². The third kappa shape index (κ3) is 4.04. The molecule has 0 fully saturated rings. The van der Waals surface area contributed by atoms with E-state index in [1.807, 2.05) is 19.3 Å². The Morgan fingerprint density at radius 3 is 3.00 bits per heavy atom. The molecule has 78 valence electrons. The van der Waals surface area contributed by atoms with Gasteiger partial charge in [-0.2, -0.15) is 5.10 Å². The molecule has 5 nitrogen and oxygen atoms in total. The van der Waals surface area contributed by atoms with E-state index in [0.717, 1.165) is 6.54 Å². The summed E-state index contributed by atoms with van der Waals surface area (Å²) in [5.41, 5.74) is 0. The van der Waals surface area contributed by atoms with Crippen molar-refractivity contribution in [3.8, 4) is 0 Å². The second kappa shape index (κ2) is 6.15. The standard InChI is InChI=1S/C9H16N4O/c1-10-5-3-9(14)11-6-8-13-7-2-4-12-13/h2,4,7,10H,3,5-6,8H2,1H3,(H,11,14). The molecule has 1 aromatic rings. The van der Waals surface area contributed by atoms with Crippen molar-refractivity contribution in [3.63, 3.8) is 0 Å². The molecular formula is C9H16N4O. The summed E-state index contributed by atoms with van der Waals surface area (Å²) in [5.74, 6) is 0.0755. The quantitative estimate of drug-likeness (QED) is 0.651. The van der Waals surface area contributed by atoms with Gasteiger partial charge in [-0.05, 0) is 13.1 Å². The molecule has 1 heterocycles. The Hall–Kier alpha value is -1.36. The zero-order valence-electron chi connectivity index (χ0n) is 8.36. The van der Waals surface area contributed by atoms with Crippen LogP contribution in [0, 0.1) is 0 Å². The molecule has 0 spiro atoms. The first-order valence-corrected chi connectivity index (χ1v) is 4.71. The molecule has 1 aromatic heterocycles. The fourth-order valence-corrected chi connectivity index (χ4v) is 1.07. The summed E-state index contributed by atoms with van der Waals surface area (Å²) in [6.07, 6.45) is 4.12. The van der Waals surface area contributed by atoms with Crippen LogP contribution in [0.2, 0.25) is 0 Å². The summed E-state index contributed by atoms with van der Waals surface area (Å²) in [6, 6.07) is 1.86. The van der Waals surface area contributed by atoms with Crippen molar-refractivity contribution in [1.29, 1.82) is 0 Å². The van der Waals surface area contributed by atoms with Crippen LogP contribution in [0.3, 0.4) is 0 Å². The average Bonchev–Trinajstić information content (AvgIpc) is 2.67. The third-order valence-electron chi connectivity index (χ3n) is 1.82. The predicted molar refractivity (Wildman–Crippen MR) is 53.8 cm³/mol. The van der Waals surface area contributed by atoms with Crippen molar-refractivity contribution in [3.05, 3.63) is 18.5 Å². The third-order valence-corrected chi connectivity index (χ3v) is 1.82. The lowest BCUT2D eigenvalue weighted by Gasteiger charge is -2.04. The van der Waals surface area contributed by atoms with Crippen molar-refractivity contribution in [2.45, 2.75) is 13.0 Å². The fourth-order valence-electron chi connectivity index (χ4n) is 1.07. The Morgan fingerprint density at radius 2 is 2.36 bits per heavy atom. The molecule has 0 unspecified atom stereocenters. The molecule has 0 saturated carbocycles. The highest BCUT2D eigenvalue weighted by Crippen LogP contribution is 1.83. The summed E-state index contributed by atoms with van der Waals surface area (Å²) in [5, 5.41) is 9.77. The molecule has 1 rings (SSSR count). The zero-order valence-corrected chi connectivity index (χ0v) is 8.36. The molecule has 0 atom stereocenters. The first kappa shape index (κ1) is 10.7. The second-order valence-electron chi connectivity index (χ2n) is 2.97. The van der Waals surface area contributed by atoms with Crippen LogP contribution in [0.4, 0.5) is 0 Å². The van der Waals surface area contributed by atoms with Gasteiger partial charge >= 0.3 is 0 Å². The lowest BCUT2D eigenvalue weighted by Crippen LogP contribution is -2.29. The Kier molecular flexibility index (Phi) is 4.71. The number of hydrogen-bond donors (Lipinski definition) is 2. The van der Waals surface area contributed by atoms with Crippen molar-refractivity contribution < 1.29 is 4.79 Å². The van der Waals surface area contributed by atoms with Crippen molar-refractivity contribution in [2.24, 2.45) is 0 Å². The van der Waals surface area contributed by atoms with Crippen molar-refractivity contribution in [2.75, 3.05) is 20.1 Å². The van der Waals surface area contributed by atoms with Gasteiger partial charge in [0.1, 0.15) is 0 Å². The average molecular weight is 196 g/mol. The Bertz CT molecular complexity index is 258. The number of carbonyl (C=O) groups is 1. The fraction of sp³-hybridized carbons (Fsp3) is 0.556. The molecule has 1 amide bonds. The van der Waals surface area contributed by atoms with E-state index in [2.05, 4.69) is 15.7 Å². The van der Waals surface area contributed by atoms with Gasteiger partial charge in [-0.15, -0.1) is 0 Å². The van der Waals surface area contributed by atoms with Gasteiger partial charge in [-0.25, -0.2) is 0 Å². The maximum atomic E-state index is 11.1. The molecular weight excluding hydrogens is 180 g/mol. The highest BCUT2D eigenvalue weighted by molar-refractivity contribution is 5.75. The highest BCUT2D eigenvalue weighted by atomic mass is 16.1. The van der Waals surface area contributed by atoms with Crippen LogP contribution in [-0.4, -0.2) is 35.8 Å². The molecule has 0 saturated heterocycles. The minimum atomic E-state index is 0.0755. The number of amides is 1. The summed E-state index contributed by atoms with van der Waals surface area (Å²) in [4.78, 5) is 11.1. The summed E-state index contributed by atoms with van der Waals surface area (Å²) < 4.78 is 1.79. The number of nitrogens with one attached hydrogen (secondary N) is 2. The number of rotatable bonds is 6. The Balaban J connectivity index is 2.06. The normalized spacial score (nSPS) is 10.1. The van der Waals surface area contributed by atoms with Gasteiger partial charge in [0.15, 0.2) is 0 Å². The SMILES string of the molecule is CNCCC(=O)NCCn1cccn1. The maximum Gasteiger partial charge on any atom is 0.221 e. The maximum absolute atomic E-state index is 11.1. The highest BCUT2D eigenvalue weighted by Gasteiger charge is 1.98. The second-order valence-corrected chi connectivity index (χ2v) is 2.97. The van der Waals surface area contributed by atoms with E-state index in [-0.39, 0.29) is 5.91 Å². The molecule has 0 aliphatic carbocycles. The lowest BCUT2D eigenvalue weighted by molar-refractivity contribution is -0.121. The van der Waals surface area contributed by atoms with Crippen LogP contribution in [0.25, 0.3) is 0 Å². The molecule has 0 aliphatic heterocycles. The minimum Gasteiger partial charge on any atom is -0.354 e. The van der Waals surface area contributed by atoms with E-state index in [1.165, 1.54) is 0 Å². The van der Waals surface area contributed by atoms with Crippen LogP contribution >= 0.6 is 0 Å². The van der Waals surface area contributed by atoms with Crippen molar-refractivity contribution in [1.82, 2.24) is 20.4 Å². The summed E-state index contributed by atoms with van der Waals surface area (Å²) in [6.45, 7) is 2.07. The largest absolute Gasteiger partial charge is 0.354 e. The van der Waals surface area contributed by atoms with E-state index in [4.69, 9.17) is 0 Å². The molecule has 0 radical (unpaired) electrons. The van der Waals surface area contributed by atoms with Gasteiger partial charge < -0.3 is 10.6 Å². The van der Waals surface area contributed by atoms with Crippen LogP contribution in [0.15, 0.2) is 18.5 Å². The smallest absolute Gasteiger partial charge is 0.221 e.